The molecule has 0 spiro atoms. The average Bonchev–Trinajstić information content (AvgIpc) is 1.87. The molecule has 0 saturated carbocycles. The highest BCUT2D eigenvalue weighted by molar-refractivity contribution is 8.13. The molecule has 0 radical (unpaired) electrons. The fourth-order valence-electron chi connectivity index (χ4n) is 0.471. The molecular formula is C7H15NOS. The normalized spacial score (nSPS) is 12.6. The number of hydrogen-bond donors (Lipinski definition) is 1. The first-order valence-electron chi connectivity index (χ1n) is 3.48. The third kappa shape index (κ3) is 5.95. The minimum Gasteiger partial charge on any atom is -0.410 e. The number of hydrogen-bond acceptors (Lipinski definition) is 3. The van der Waals surface area contributed by atoms with Gasteiger partial charge in [-0.15, -0.1) is 11.8 Å². The van der Waals surface area contributed by atoms with Crippen LogP contribution in [0.4, 0.5) is 0 Å². The highest BCUT2D eigenvalue weighted by Crippen LogP contribution is 2.09. The van der Waals surface area contributed by atoms with Crippen molar-refractivity contribution in [3.63, 3.8) is 0 Å². The Kier molecular flexibility index (Phi) is 5.49. The van der Waals surface area contributed by atoms with Gasteiger partial charge < -0.3 is 5.21 Å². The van der Waals surface area contributed by atoms with Crippen molar-refractivity contribution in [3.8, 4) is 0 Å². The van der Waals surface area contributed by atoms with E-state index in [0.29, 0.717) is 0 Å². The largest absolute Gasteiger partial charge is 0.410 e. The molecule has 0 fully saturated rings. The molecule has 1 N–H and O–H groups in total. The van der Waals surface area contributed by atoms with Crippen molar-refractivity contribution in [1.82, 2.24) is 0 Å². The van der Waals surface area contributed by atoms with Gasteiger partial charge in [0.25, 0.3) is 0 Å². The molecule has 10 heavy (non-hydrogen) atoms. The van der Waals surface area contributed by atoms with Gasteiger partial charge in [-0.05, 0) is 25.0 Å². The third-order valence-corrected chi connectivity index (χ3v) is 2.09. The topological polar surface area (TPSA) is 32.6 Å². The Morgan fingerprint density at radius 2 is 2.20 bits per heavy atom. The summed E-state index contributed by atoms with van der Waals surface area (Å²) in [7, 11) is 0. The molecule has 0 aromatic heterocycles. The molecule has 3 heteroatoms. The van der Waals surface area contributed by atoms with Crippen LogP contribution in [0.15, 0.2) is 5.16 Å². The average molecular weight is 161 g/mol. The first-order chi connectivity index (χ1) is 4.66. The second-order valence-corrected chi connectivity index (χ2v) is 3.94. The summed E-state index contributed by atoms with van der Waals surface area (Å²) in [6, 6.07) is 0. The molecule has 0 unspecified atom stereocenters. The van der Waals surface area contributed by atoms with E-state index in [1.165, 1.54) is 6.42 Å². The zero-order valence-corrected chi connectivity index (χ0v) is 7.61. The van der Waals surface area contributed by atoms with Crippen LogP contribution in [-0.4, -0.2) is 16.0 Å². The number of rotatable bonds is 3. The van der Waals surface area contributed by atoms with Gasteiger partial charge in [0.2, 0.25) is 0 Å². The number of oxime groups is 1. The van der Waals surface area contributed by atoms with E-state index in [4.69, 9.17) is 5.21 Å². The van der Waals surface area contributed by atoms with Crippen LogP contribution in [0.5, 0.6) is 0 Å². The predicted octanol–water partition coefficient (Wildman–Crippen LogP) is 2.57. The standard InChI is InChI=1S/C7H15NOS/c1-6(2)4-5-10-7(3)8-9/h6,9H,4-5H2,1-3H3/b8-7-. The van der Waals surface area contributed by atoms with Crippen LogP contribution >= 0.6 is 11.8 Å². The van der Waals surface area contributed by atoms with Crippen LogP contribution in [0.25, 0.3) is 0 Å². The van der Waals surface area contributed by atoms with Crippen molar-refractivity contribution in [2.75, 3.05) is 5.75 Å². The second-order valence-electron chi connectivity index (χ2n) is 2.65. The van der Waals surface area contributed by atoms with E-state index in [0.717, 1.165) is 16.7 Å². The quantitative estimate of drug-likeness (QED) is 0.298. The number of nitrogens with zero attached hydrogens (tertiary/aromatic N) is 1. The Hall–Kier alpha value is -0.180. The maximum absolute atomic E-state index is 8.27. The van der Waals surface area contributed by atoms with Crippen LogP contribution in [0.1, 0.15) is 27.2 Å². The lowest BCUT2D eigenvalue weighted by atomic mass is 10.2. The molecule has 0 heterocycles. The Bertz CT molecular complexity index is 112. The van der Waals surface area contributed by atoms with Gasteiger partial charge in [0.05, 0.1) is 0 Å². The summed E-state index contributed by atoms with van der Waals surface area (Å²) in [5.74, 6) is 1.78. The smallest absolute Gasteiger partial charge is 0.109 e. The molecule has 0 rings (SSSR count). The van der Waals surface area contributed by atoms with Crippen molar-refractivity contribution in [1.29, 1.82) is 0 Å². The molecule has 0 amide bonds. The van der Waals surface area contributed by atoms with Gasteiger partial charge in [0, 0.05) is 0 Å². The molecule has 0 bridgehead atoms. The lowest BCUT2D eigenvalue weighted by molar-refractivity contribution is 0.320. The van der Waals surface area contributed by atoms with Gasteiger partial charge in [-0.1, -0.05) is 19.0 Å². The van der Waals surface area contributed by atoms with Crippen molar-refractivity contribution in [3.05, 3.63) is 0 Å². The molecule has 0 aliphatic carbocycles. The van der Waals surface area contributed by atoms with E-state index >= 15 is 0 Å². The van der Waals surface area contributed by atoms with E-state index in [9.17, 15) is 0 Å². The Morgan fingerprint density at radius 3 is 2.60 bits per heavy atom. The van der Waals surface area contributed by atoms with Crippen molar-refractivity contribution in [2.24, 2.45) is 11.1 Å². The molecule has 0 atom stereocenters. The Labute approximate surface area is 66.7 Å². The van der Waals surface area contributed by atoms with Gasteiger partial charge in [-0.25, -0.2) is 0 Å². The first kappa shape index (κ1) is 9.82. The molecule has 0 aliphatic rings. The van der Waals surface area contributed by atoms with E-state index in [2.05, 4.69) is 19.0 Å². The van der Waals surface area contributed by atoms with E-state index in [1.807, 2.05) is 6.92 Å². The van der Waals surface area contributed by atoms with Crippen molar-refractivity contribution >= 4 is 16.8 Å². The van der Waals surface area contributed by atoms with E-state index < -0.39 is 0 Å². The van der Waals surface area contributed by atoms with E-state index in [-0.39, 0.29) is 0 Å². The molecular weight excluding hydrogens is 146 g/mol. The molecule has 0 aromatic carbocycles. The summed E-state index contributed by atoms with van der Waals surface area (Å²) in [6.45, 7) is 6.18. The SMILES string of the molecule is C/C(=N/O)SCCC(C)C. The Morgan fingerprint density at radius 1 is 1.60 bits per heavy atom. The summed E-state index contributed by atoms with van der Waals surface area (Å²) >= 11 is 1.60. The molecule has 2 nitrogen and oxygen atoms in total. The number of thioether (sulfide) groups is 1. The van der Waals surface area contributed by atoms with Crippen LogP contribution in [-0.2, 0) is 0 Å². The molecule has 0 aromatic rings. The van der Waals surface area contributed by atoms with Crippen LogP contribution in [0.3, 0.4) is 0 Å². The van der Waals surface area contributed by atoms with Gasteiger partial charge >= 0.3 is 0 Å². The van der Waals surface area contributed by atoms with Gasteiger partial charge in [-0.2, -0.15) is 0 Å². The maximum Gasteiger partial charge on any atom is 0.109 e. The predicted molar refractivity (Wildman–Crippen MR) is 46.8 cm³/mol. The highest BCUT2D eigenvalue weighted by Gasteiger charge is 1.95. The summed E-state index contributed by atoms with van der Waals surface area (Å²) in [6.07, 6.45) is 1.18. The van der Waals surface area contributed by atoms with Crippen LogP contribution < -0.4 is 0 Å². The van der Waals surface area contributed by atoms with Crippen LogP contribution in [0.2, 0.25) is 0 Å². The maximum atomic E-state index is 8.27. The first-order valence-corrected chi connectivity index (χ1v) is 4.46. The summed E-state index contributed by atoms with van der Waals surface area (Å²) in [5, 5.41) is 12.1. The summed E-state index contributed by atoms with van der Waals surface area (Å²) in [4.78, 5) is 0. The lowest BCUT2D eigenvalue weighted by Crippen LogP contribution is -1.92. The third-order valence-electron chi connectivity index (χ3n) is 1.15. The van der Waals surface area contributed by atoms with Crippen molar-refractivity contribution < 1.29 is 5.21 Å². The fourth-order valence-corrected chi connectivity index (χ4v) is 1.41. The van der Waals surface area contributed by atoms with Gasteiger partial charge in [-0.3, -0.25) is 0 Å². The molecule has 60 valence electrons. The van der Waals surface area contributed by atoms with Crippen molar-refractivity contribution in [2.45, 2.75) is 27.2 Å². The van der Waals surface area contributed by atoms with Gasteiger partial charge in [0.15, 0.2) is 0 Å². The van der Waals surface area contributed by atoms with Gasteiger partial charge in [0.1, 0.15) is 5.04 Å². The minimum atomic E-state index is 0.735. The monoisotopic (exact) mass is 161 g/mol. The van der Waals surface area contributed by atoms with Crippen LogP contribution in [0, 0.1) is 5.92 Å². The zero-order chi connectivity index (χ0) is 7.98. The lowest BCUT2D eigenvalue weighted by Gasteiger charge is -2.01. The fraction of sp³-hybridized carbons (Fsp3) is 0.857. The minimum absolute atomic E-state index is 0.735. The van der Waals surface area contributed by atoms with E-state index in [1.54, 1.807) is 11.8 Å². The highest BCUT2D eigenvalue weighted by atomic mass is 32.2. The molecule has 0 aliphatic heterocycles. The summed E-state index contributed by atoms with van der Waals surface area (Å²) < 4.78 is 0. The molecule has 0 saturated heterocycles. The Balaban J connectivity index is 3.20. The summed E-state index contributed by atoms with van der Waals surface area (Å²) in [5.41, 5.74) is 0. The second kappa shape index (κ2) is 5.59. The zero-order valence-electron chi connectivity index (χ0n) is 6.79.